The molecule has 0 aliphatic heterocycles. The van der Waals surface area contributed by atoms with Crippen LogP contribution in [0.5, 0.6) is 11.5 Å². The smallest absolute Gasteiger partial charge is 0.185 e. The number of hydrogen-bond donors (Lipinski definition) is 1. The lowest BCUT2D eigenvalue weighted by molar-refractivity contribution is 0.0537. The molecule has 24 heavy (non-hydrogen) atoms. The molecule has 0 radical (unpaired) electrons. The van der Waals surface area contributed by atoms with E-state index in [9.17, 15) is 5.11 Å². The Morgan fingerprint density at radius 2 is 1.75 bits per heavy atom. The first-order valence-corrected chi connectivity index (χ1v) is 7.80. The van der Waals surface area contributed by atoms with Crippen molar-refractivity contribution in [1.82, 2.24) is 4.98 Å². The summed E-state index contributed by atoms with van der Waals surface area (Å²) in [4.78, 5) is 4.14. The lowest BCUT2D eigenvalue weighted by Crippen LogP contribution is -2.11. The Morgan fingerprint density at radius 1 is 0.958 bits per heavy atom. The number of rotatable bonds is 11. The average molecular weight is 333 g/mol. The maximum atomic E-state index is 9.47. The highest BCUT2D eigenvalue weighted by Crippen LogP contribution is 2.30. The standard InChI is InChI=1S/C18H23NO5/c1-21-9-10-22-11-12-23-17-7-8-19-16(13-20)18(17)24-14-15-5-3-2-4-6-15/h2-8,20H,9-14H2,1H3. The number of methoxy groups -OCH3 is 1. The molecular weight excluding hydrogens is 310 g/mol. The van der Waals surface area contributed by atoms with Crippen LogP contribution in [0.15, 0.2) is 42.6 Å². The quantitative estimate of drug-likeness (QED) is 0.636. The maximum Gasteiger partial charge on any atom is 0.185 e. The van der Waals surface area contributed by atoms with E-state index in [0.717, 1.165) is 5.56 Å². The Hall–Kier alpha value is -2.15. The number of hydrogen-bond acceptors (Lipinski definition) is 6. The Kier molecular flexibility index (Phi) is 8.03. The fourth-order valence-corrected chi connectivity index (χ4v) is 2.04. The third kappa shape index (κ3) is 5.81. The van der Waals surface area contributed by atoms with E-state index in [-0.39, 0.29) is 6.61 Å². The molecule has 1 N–H and O–H groups in total. The van der Waals surface area contributed by atoms with Gasteiger partial charge >= 0.3 is 0 Å². The van der Waals surface area contributed by atoms with Crippen molar-refractivity contribution in [3.05, 3.63) is 53.9 Å². The summed E-state index contributed by atoms with van der Waals surface area (Å²) in [6.45, 7) is 2.05. The van der Waals surface area contributed by atoms with Crippen LogP contribution in [-0.4, -0.2) is 43.6 Å². The van der Waals surface area contributed by atoms with Gasteiger partial charge in [-0.1, -0.05) is 30.3 Å². The summed E-state index contributed by atoms with van der Waals surface area (Å²) in [5.41, 5.74) is 1.47. The zero-order valence-corrected chi connectivity index (χ0v) is 13.8. The number of nitrogens with zero attached hydrogens (tertiary/aromatic N) is 1. The highest BCUT2D eigenvalue weighted by molar-refractivity contribution is 5.42. The molecule has 0 unspecified atom stereocenters. The molecule has 0 aliphatic carbocycles. The zero-order chi connectivity index (χ0) is 17.0. The van der Waals surface area contributed by atoms with Crippen molar-refractivity contribution in [2.45, 2.75) is 13.2 Å². The van der Waals surface area contributed by atoms with Crippen molar-refractivity contribution in [1.29, 1.82) is 0 Å². The molecule has 0 fully saturated rings. The second-order valence-corrected chi connectivity index (χ2v) is 4.97. The lowest BCUT2D eigenvalue weighted by Gasteiger charge is -2.15. The van der Waals surface area contributed by atoms with Gasteiger partial charge in [0, 0.05) is 19.4 Å². The normalized spacial score (nSPS) is 10.6. The van der Waals surface area contributed by atoms with E-state index in [1.54, 1.807) is 19.4 Å². The molecule has 1 heterocycles. The molecule has 0 aliphatic rings. The number of ether oxygens (including phenoxy) is 4. The molecule has 0 saturated carbocycles. The van der Waals surface area contributed by atoms with Crippen molar-refractivity contribution in [3.8, 4) is 11.5 Å². The first-order chi connectivity index (χ1) is 11.8. The zero-order valence-electron chi connectivity index (χ0n) is 13.8. The highest BCUT2D eigenvalue weighted by atomic mass is 16.6. The van der Waals surface area contributed by atoms with Gasteiger partial charge in [-0.15, -0.1) is 0 Å². The van der Waals surface area contributed by atoms with E-state index in [4.69, 9.17) is 18.9 Å². The van der Waals surface area contributed by atoms with E-state index >= 15 is 0 Å². The molecule has 0 spiro atoms. The lowest BCUT2D eigenvalue weighted by atomic mass is 10.2. The summed E-state index contributed by atoms with van der Waals surface area (Å²) in [5, 5.41) is 9.47. The van der Waals surface area contributed by atoms with Crippen LogP contribution in [0, 0.1) is 0 Å². The van der Waals surface area contributed by atoms with Crippen molar-refractivity contribution in [2.24, 2.45) is 0 Å². The third-order valence-corrected chi connectivity index (χ3v) is 3.23. The van der Waals surface area contributed by atoms with Crippen LogP contribution in [0.4, 0.5) is 0 Å². The summed E-state index contributed by atoms with van der Waals surface area (Å²) in [6.07, 6.45) is 1.59. The van der Waals surface area contributed by atoms with Crippen LogP contribution in [-0.2, 0) is 22.7 Å². The van der Waals surface area contributed by atoms with E-state index in [1.807, 2.05) is 30.3 Å². The minimum Gasteiger partial charge on any atom is -0.487 e. The molecule has 0 saturated heterocycles. The minimum atomic E-state index is -0.217. The average Bonchev–Trinajstić information content (AvgIpc) is 2.64. The summed E-state index contributed by atoms with van der Waals surface area (Å²) in [6, 6.07) is 11.5. The van der Waals surface area contributed by atoms with E-state index in [0.29, 0.717) is 50.2 Å². The van der Waals surface area contributed by atoms with Gasteiger partial charge in [-0.3, -0.25) is 4.98 Å². The second kappa shape index (κ2) is 10.6. The topological polar surface area (TPSA) is 70.0 Å². The molecule has 2 rings (SSSR count). The van der Waals surface area contributed by atoms with E-state index < -0.39 is 0 Å². The van der Waals surface area contributed by atoms with Crippen LogP contribution < -0.4 is 9.47 Å². The van der Waals surface area contributed by atoms with Gasteiger partial charge in [-0.05, 0) is 5.56 Å². The number of benzene rings is 1. The third-order valence-electron chi connectivity index (χ3n) is 3.23. The molecule has 1 aromatic carbocycles. The van der Waals surface area contributed by atoms with Gasteiger partial charge in [0.2, 0.25) is 0 Å². The van der Waals surface area contributed by atoms with Crippen molar-refractivity contribution >= 4 is 0 Å². The number of aromatic nitrogens is 1. The molecule has 6 heteroatoms. The van der Waals surface area contributed by atoms with E-state index in [2.05, 4.69) is 4.98 Å². The second-order valence-electron chi connectivity index (χ2n) is 4.97. The Morgan fingerprint density at radius 3 is 2.50 bits per heavy atom. The largest absolute Gasteiger partial charge is 0.487 e. The minimum absolute atomic E-state index is 0.217. The molecule has 0 amide bonds. The van der Waals surface area contributed by atoms with Crippen LogP contribution >= 0.6 is 0 Å². The molecule has 130 valence electrons. The van der Waals surface area contributed by atoms with Gasteiger partial charge in [0.1, 0.15) is 18.9 Å². The number of aliphatic hydroxyl groups is 1. The van der Waals surface area contributed by atoms with Crippen molar-refractivity contribution < 1.29 is 24.1 Å². The van der Waals surface area contributed by atoms with Crippen molar-refractivity contribution in [3.63, 3.8) is 0 Å². The first kappa shape index (κ1) is 18.2. The van der Waals surface area contributed by atoms with Gasteiger partial charge in [0.05, 0.1) is 26.4 Å². The number of pyridine rings is 1. The Labute approximate surface area is 142 Å². The molecular formula is C18H23NO5. The summed E-state index contributed by atoms with van der Waals surface area (Å²) < 4.78 is 21.8. The van der Waals surface area contributed by atoms with Gasteiger partial charge in [-0.2, -0.15) is 0 Å². The molecule has 2 aromatic rings. The molecule has 1 aromatic heterocycles. The number of aliphatic hydroxyl groups excluding tert-OH is 1. The fraction of sp³-hybridized carbons (Fsp3) is 0.389. The monoisotopic (exact) mass is 333 g/mol. The Bertz CT molecular complexity index is 591. The van der Waals surface area contributed by atoms with Gasteiger partial charge < -0.3 is 24.1 Å². The van der Waals surface area contributed by atoms with Crippen LogP contribution in [0.2, 0.25) is 0 Å². The summed E-state index contributed by atoms with van der Waals surface area (Å²) in [7, 11) is 1.63. The van der Waals surface area contributed by atoms with Crippen LogP contribution in [0.25, 0.3) is 0 Å². The summed E-state index contributed by atoms with van der Waals surface area (Å²) in [5.74, 6) is 1.00. The summed E-state index contributed by atoms with van der Waals surface area (Å²) >= 11 is 0. The van der Waals surface area contributed by atoms with Crippen molar-refractivity contribution in [2.75, 3.05) is 33.5 Å². The van der Waals surface area contributed by atoms with E-state index in [1.165, 1.54) is 0 Å². The van der Waals surface area contributed by atoms with Gasteiger partial charge in [0.15, 0.2) is 11.5 Å². The van der Waals surface area contributed by atoms with Crippen LogP contribution in [0.1, 0.15) is 11.3 Å². The molecule has 0 bridgehead atoms. The first-order valence-electron chi connectivity index (χ1n) is 7.80. The predicted molar refractivity (Wildman–Crippen MR) is 89.1 cm³/mol. The SMILES string of the molecule is COCCOCCOc1ccnc(CO)c1OCc1ccccc1. The van der Waals surface area contributed by atoms with Crippen LogP contribution in [0.3, 0.4) is 0 Å². The molecule has 6 nitrogen and oxygen atoms in total. The van der Waals surface area contributed by atoms with Gasteiger partial charge in [0.25, 0.3) is 0 Å². The fourth-order valence-electron chi connectivity index (χ4n) is 2.04. The predicted octanol–water partition coefficient (Wildman–Crippen LogP) is 2.19. The van der Waals surface area contributed by atoms with Gasteiger partial charge in [-0.25, -0.2) is 0 Å². The molecule has 0 atom stereocenters. The Balaban J connectivity index is 1.94. The maximum absolute atomic E-state index is 9.47. The highest BCUT2D eigenvalue weighted by Gasteiger charge is 2.12.